The first kappa shape index (κ1) is 18.7. The second-order valence-electron chi connectivity index (χ2n) is 6.28. The summed E-state index contributed by atoms with van der Waals surface area (Å²) in [4.78, 5) is 24.4. The van der Waals surface area contributed by atoms with Crippen LogP contribution in [0.3, 0.4) is 0 Å². The van der Waals surface area contributed by atoms with E-state index in [1.807, 2.05) is 63.2 Å². The van der Waals surface area contributed by atoms with Crippen molar-refractivity contribution in [3.05, 3.63) is 64.7 Å². The lowest BCUT2D eigenvalue weighted by atomic mass is 10.0. The van der Waals surface area contributed by atoms with E-state index in [2.05, 4.69) is 5.32 Å². The van der Waals surface area contributed by atoms with Crippen LogP contribution in [0, 0.1) is 13.8 Å². The number of nitrogens with one attached hydrogen (secondary N) is 1. The van der Waals surface area contributed by atoms with Gasteiger partial charge in [0.25, 0.3) is 0 Å². The summed E-state index contributed by atoms with van der Waals surface area (Å²) in [6, 6.07) is 13.1. The number of carbonyl (C=O) groups excluding carboxylic acids is 2. The van der Waals surface area contributed by atoms with Crippen molar-refractivity contribution in [2.24, 2.45) is 0 Å². The predicted molar refractivity (Wildman–Crippen MR) is 99.0 cm³/mol. The molecule has 0 heterocycles. The van der Waals surface area contributed by atoms with Crippen LogP contribution in [0.5, 0.6) is 5.75 Å². The highest BCUT2D eigenvalue weighted by Crippen LogP contribution is 2.18. The number of hydrogen-bond acceptors (Lipinski definition) is 3. The van der Waals surface area contributed by atoms with E-state index in [1.165, 1.54) is 0 Å². The highest BCUT2D eigenvalue weighted by Gasteiger charge is 2.13. The Morgan fingerprint density at radius 2 is 1.68 bits per heavy atom. The quantitative estimate of drug-likeness (QED) is 0.771. The number of ether oxygens (including phenoxy) is 1. The highest BCUT2D eigenvalue weighted by atomic mass is 16.5. The fourth-order valence-electron chi connectivity index (χ4n) is 2.58. The second kappa shape index (κ2) is 8.47. The van der Waals surface area contributed by atoms with Gasteiger partial charge in [-0.1, -0.05) is 24.3 Å². The lowest BCUT2D eigenvalue weighted by Gasteiger charge is -2.14. The smallest absolute Gasteiger partial charge is 0.220 e. The molecule has 0 fully saturated rings. The lowest BCUT2D eigenvalue weighted by Crippen LogP contribution is -2.26. The molecule has 0 aliphatic rings. The standard InChI is InChI=1S/C21H25NO3/c1-14-5-6-18(13-15(14)2)20(23)11-12-21(24)22-16(3)17-7-9-19(25-4)10-8-17/h5-10,13,16H,11-12H2,1-4H3,(H,22,24). The average Bonchev–Trinajstić information content (AvgIpc) is 2.62. The normalized spacial score (nSPS) is 11.7. The topological polar surface area (TPSA) is 55.4 Å². The molecule has 0 aliphatic carbocycles. The third-order valence-electron chi connectivity index (χ3n) is 4.40. The predicted octanol–water partition coefficient (Wildman–Crippen LogP) is 4.15. The van der Waals surface area contributed by atoms with E-state index in [4.69, 9.17) is 4.74 Å². The van der Waals surface area contributed by atoms with E-state index in [0.29, 0.717) is 5.56 Å². The van der Waals surface area contributed by atoms with Gasteiger partial charge in [-0.15, -0.1) is 0 Å². The van der Waals surface area contributed by atoms with E-state index < -0.39 is 0 Å². The van der Waals surface area contributed by atoms with Crippen LogP contribution in [0.25, 0.3) is 0 Å². The van der Waals surface area contributed by atoms with Crippen LogP contribution >= 0.6 is 0 Å². The molecule has 132 valence electrons. The van der Waals surface area contributed by atoms with Crippen molar-refractivity contribution in [2.75, 3.05) is 7.11 Å². The van der Waals surface area contributed by atoms with Crippen LogP contribution in [0.1, 0.15) is 52.9 Å². The first-order valence-electron chi connectivity index (χ1n) is 8.44. The molecular weight excluding hydrogens is 314 g/mol. The van der Waals surface area contributed by atoms with Crippen molar-refractivity contribution >= 4 is 11.7 Å². The van der Waals surface area contributed by atoms with Gasteiger partial charge in [0.05, 0.1) is 13.2 Å². The molecule has 1 unspecified atom stereocenters. The summed E-state index contributed by atoms with van der Waals surface area (Å²) < 4.78 is 5.13. The molecule has 1 N–H and O–H groups in total. The number of aryl methyl sites for hydroxylation is 2. The van der Waals surface area contributed by atoms with E-state index in [1.54, 1.807) is 7.11 Å². The van der Waals surface area contributed by atoms with Gasteiger partial charge >= 0.3 is 0 Å². The number of methoxy groups -OCH3 is 1. The van der Waals surface area contributed by atoms with Crippen molar-refractivity contribution in [1.29, 1.82) is 0 Å². The first-order valence-corrected chi connectivity index (χ1v) is 8.44. The van der Waals surface area contributed by atoms with Gasteiger partial charge in [-0.2, -0.15) is 0 Å². The van der Waals surface area contributed by atoms with Gasteiger partial charge in [-0.3, -0.25) is 9.59 Å². The molecule has 0 aromatic heterocycles. The van der Waals surface area contributed by atoms with Crippen LogP contribution in [-0.2, 0) is 4.79 Å². The molecule has 0 aliphatic heterocycles. The number of ketones is 1. The molecule has 4 heteroatoms. The molecule has 25 heavy (non-hydrogen) atoms. The minimum atomic E-state index is -0.125. The minimum absolute atomic E-state index is 0.00431. The van der Waals surface area contributed by atoms with Gasteiger partial charge in [0.2, 0.25) is 5.91 Å². The fraction of sp³-hybridized carbons (Fsp3) is 0.333. The van der Waals surface area contributed by atoms with Gasteiger partial charge in [0, 0.05) is 18.4 Å². The Balaban J connectivity index is 1.86. The Labute approximate surface area is 149 Å². The second-order valence-corrected chi connectivity index (χ2v) is 6.28. The molecule has 2 aromatic carbocycles. The van der Waals surface area contributed by atoms with Crippen LogP contribution < -0.4 is 10.1 Å². The Bertz CT molecular complexity index is 750. The van der Waals surface area contributed by atoms with Gasteiger partial charge in [0.15, 0.2) is 5.78 Å². The maximum Gasteiger partial charge on any atom is 0.220 e. The summed E-state index contributed by atoms with van der Waals surface area (Å²) in [5.41, 5.74) is 3.90. The molecular formula is C21H25NO3. The van der Waals surface area contributed by atoms with Gasteiger partial charge in [-0.05, 0) is 55.7 Å². The molecule has 1 atom stereocenters. The molecule has 4 nitrogen and oxygen atoms in total. The van der Waals surface area contributed by atoms with Crippen molar-refractivity contribution in [3.63, 3.8) is 0 Å². The Morgan fingerprint density at radius 3 is 2.28 bits per heavy atom. The SMILES string of the molecule is COc1ccc(C(C)NC(=O)CCC(=O)c2ccc(C)c(C)c2)cc1. The van der Waals surface area contributed by atoms with Gasteiger partial charge in [0.1, 0.15) is 5.75 Å². The third-order valence-corrected chi connectivity index (χ3v) is 4.40. The monoisotopic (exact) mass is 339 g/mol. The molecule has 0 spiro atoms. The van der Waals surface area contributed by atoms with Crippen LogP contribution in [0.2, 0.25) is 0 Å². The summed E-state index contributed by atoms with van der Waals surface area (Å²) in [5, 5.41) is 2.93. The molecule has 0 bridgehead atoms. The number of benzene rings is 2. The van der Waals surface area contributed by atoms with Crippen LogP contribution in [-0.4, -0.2) is 18.8 Å². The number of amides is 1. The summed E-state index contributed by atoms with van der Waals surface area (Å²) in [5.74, 6) is 0.650. The van der Waals surface area contributed by atoms with Crippen LogP contribution in [0.15, 0.2) is 42.5 Å². The van der Waals surface area contributed by atoms with E-state index in [0.717, 1.165) is 22.4 Å². The zero-order valence-corrected chi connectivity index (χ0v) is 15.3. The van der Waals surface area contributed by atoms with Gasteiger partial charge in [-0.25, -0.2) is 0 Å². The highest BCUT2D eigenvalue weighted by molar-refractivity contribution is 5.98. The van der Waals surface area contributed by atoms with E-state index in [-0.39, 0.29) is 30.6 Å². The summed E-state index contributed by atoms with van der Waals surface area (Å²) in [6.07, 6.45) is 0.399. The van der Waals surface area contributed by atoms with Crippen molar-refractivity contribution in [3.8, 4) is 5.75 Å². The molecule has 0 saturated heterocycles. The number of Topliss-reactive ketones (excluding diaryl/α,β-unsaturated/α-hetero) is 1. The first-order chi connectivity index (χ1) is 11.9. The molecule has 1 amide bonds. The Kier molecular flexibility index (Phi) is 6.34. The zero-order valence-electron chi connectivity index (χ0n) is 15.3. The Morgan fingerprint density at radius 1 is 1.00 bits per heavy atom. The van der Waals surface area contributed by atoms with Crippen molar-refractivity contribution in [1.82, 2.24) is 5.32 Å². The zero-order chi connectivity index (χ0) is 18.4. The molecule has 0 saturated carbocycles. The maximum atomic E-state index is 12.2. The average molecular weight is 339 g/mol. The number of carbonyl (C=O) groups is 2. The fourth-order valence-corrected chi connectivity index (χ4v) is 2.58. The van der Waals surface area contributed by atoms with E-state index in [9.17, 15) is 9.59 Å². The number of hydrogen-bond donors (Lipinski definition) is 1. The number of rotatable bonds is 7. The maximum absolute atomic E-state index is 12.2. The minimum Gasteiger partial charge on any atom is -0.497 e. The molecule has 2 rings (SSSR count). The summed E-state index contributed by atoms with van der Waals surface area (Å²) in [7, 11) is 1.62. The van der Waals surface area contributed by atoms with Crippen molar-refractivity contribution in [2.45, 2.75) is 39.7 Å². The summed E-state index contributed by atoms with van der Waals surface area (Å²) >= 11 is 0. The largest absolute Gasteiger partial charge is 0.497 e. The molecule has 2 aromatic rings. The van der Waals surface area contributed by atoms with Crippen molar-refractivity contribution < 1.29 is 14.3 Å². The van der Waals surface area contributed by atoms with Crippen LogP contribution in [0.4, 0.5) is 0 Å². The molecule has 0 radical (unpaired) electrons. The lowest BCUT2D eigenvalue weighted by molar-refractivity contribution is -0.121. The van der Waals surface area contributed by atoms with Gasteiger partial charge < -0.3 is 10.1 Å². The Hall–Kier alpha value is -2.62. The van der Waals surface area contributed by atoms with E-state index >= 15 is 0 Å². The third kappa shape index (κ3) is 5.18. The summed E-state index contributed by atoms with van der Waals surface area (Å²) in [6.45, 7) is 5.91.